The van der Waals surface area contributed by atoms with Crippen molar-refractivity contribution in [1.82, 2.24) is 15.0 Å². The summed E-state index contributed by atoms with van der Waals surface area (Å²) < 4.78 is 6.76. The minimum Gasteiger partial charge on any atom is -0.455 e. The zero-order valence-corrected chi connectivity index (χ0v) is 29.6. The Kier molecular flexibility index (Phi) is 7.14. The van der Waals surface area contributed by atoms with E-state index in [9.17, 15) is 0 Å². The molecule has 0 unspecified atom stereocenters. The van der Waals surface area contributed by atoms with Gasteiger partial charge in [0.25, 0.3) is 0 Å². The number of aromatic nitrogens is 3. The van der Waals surface area contributed by atoms with Crippen molar-refractivity contribution < 1.29 is 4.42 Å². The van der Waals surface area contributed by atoms with Gasteiger partial charge in [-0.3, -0.25) is 0 Å². The molecule has 0 saturated carbocycles. The van der Waals surface area contributed by atoms with Crippen molar-refractivity contribution in [2.45, 2.75) is 0 Å². The van der Waals surface area contributed by atoms with Gasteiger partial charge >= 0.3 is 0 Å². The lowest BCUT2D eigenvalue weighted by molar-refractivity contribution is 0.672. The summed E-state index contributed by atoms with van der Waals surface area (Å²) in [7, 11) is 0. The van der Waals surface area contributed by atoms with Crippen LogP contribution in [0.1, 0.15) is 0 Å². The van der Waals surface area contributed by atoms with E-state index in [0.29, 0.717) is 5.82 Å². The summed E-state index contributed by atoms with van der Waals surface area (Å²) in [5.74, 6) is 0.682. The third-order valence-electron chi connectivity index (χ3n) is 10.7. The zero-order valence-electron chi connectivity index (χ0n) is 29.6. The van der Waals surface area contributed by atoms with E-state index in [4.69, 9.17) is 19.4 Å². The summed E-state index contributed by atoms with van der Waals surface area (Å²) in [5, 5.41) is 7.86. The zero-order chi connectivity index (χ0) is 36.3. The van der Waals surface area contributed by atoms with Gasteiger partial charge in [0.15, 0.2) is 5.82 Å². The quantitative estimate of drug-likeness (QED) is 0.168. The van der Waals surface area contributed by atoms with Crippen LogP contribution in [0.15, 0.2) is 192 Å². The van der Waals surface area contributed by atoms with E-state index >= 15 is 0 Å². The van der Waals surface area contributed by atoms with Gasteiger partial charge in [0.05, 0.1) is 28.0 Å². The highest BCUT2D eigenvalue weighted by Crippen LogP contribution is 2.44. The van der Waals surface area contributed by atoms with Crippen LogP contribution in [0.25, 0.3) is 111 Å². The lowest BCUT2D eigenvalue weighted by atomic mass is 9.91. The Balaban J connectivity index is 1.17. The van der Waals surface area contributed by atoms with Crippen LogP contribution in [0.3, 0.4) is 0 Å². The van der Waals surface area contributed by atoms with Crippen molar-refractivity contribution in [1.29, 1.82) is 0 Å². The number of rotatable bonds is 5. The maximum atomic E-state index is 6.76. The Morgan fingerprint density at radius 2 is 0.964 bits per heavy atom. The highest BCUT2D eigenvalue weighted by Gasteiger charge is 2.21. The Morgan fingerprint density at radius 3 is 1.78 bits per heavy atom. The molecule has 0 radical (unpaired) electrons. The highest BCUT2D eigenvalue weighted by molar-refractivity contribution is 6.22. The number of fused-ring (bicyclic) bond motifs is 8. The molecule has 0 aliphatic rings. The molecule has 0 fully saturated rings. The molecule has 4 nitrogen and oxygen atoms in total. The number of benzene rings is 8. The van der Waals surface area contributed by atoms with E-state index in [-0.39, 0.29) is 0 Å². The highest BCUT2D eigenvalue weighted by atomic mass is 16.3. The van der Waals surface area contributed by atoms with Gasteiger partial charge in [0, 0.05) is 38.6 Å². The van der Waals surface area contributed by atoms with E-state index in [1.807, 2.05) is 48.5 Å². The number of nitrogens with zero attached hydrogens (tertiary/aromatic N) is 3. The van der Waals surface area contributed by atoms with Crippen LogP contribution in [-0.4, -0.2) is 15.0 Å². The summed E-state index contributed by atoms with van der Waals surface area (Å²) >= 11 is 0. The largest absolute Gasteiger partial charge is 0.455 e. The Morgan fingerprint density at radius 1 is 0.364 bits per heavy atom. The molecule has 3 aromatic heterocycles. The van der Waals surface area contributed by atoms with Gasteiger partial charge in [-0.2, -0.15) is 0 Å². The first-order valence-electron chi connectivity index (χ1n) is 18.5. The fraction of sp³-hybridized carbons (Fsp3) is 0. The van der Waals surface area contributed by atoms with Gasteiger partial charge in [0.1, 0.15) is 11.2 Å². The SMILES string of the molecule is c1ccc(-c2cc(-c3cccc(-c4nc5c(-c6cc7ccccc7c7ccccc67)cccc5c5oc6ccccc6c45)c3)nc(-c3ccccc3)n2)cc1. The molecule has 0 aliphatic heterocycles. The van der Waals surface area contributed by atoms with Gasteiger partial charge in [-0.25, -0.2) is 15.0 Å². The summed E-state index contributed by atoms with van der Waals surface area (Å²) in [6, 6.07) is 65.4. The van der Waals surface area contributed by atoms with Crippen molar-refractivity contribution in [3.63, 3.8) is 0 Å². The Hall–Kier alpha value is -7.43. The monoisotopic (exact) mass is 701 g/mol. The van der Waals surface area contributed by atoms with Gasteiger partial charge in [-0.1, -0.05) is 158 Å². The predicted molar refractivity (Wildman–Crippen MR) is 227 cm³/mol. The molecule has 11 aromatic rings. The Labute approximate surface area is 317 Å². The van der Waals surface area contributed by atoms with Crippen LogP contribution in [0.4, 0.5) is 0 Å². The molecule has 0 spiro atoms. The molecule has 8 aromatic carbocycles. The molecule has 0 saturated heterocycles. The molecule has 0 atom stereocenters. The van der Waals surface area contributed by atoms with Crippen molar-refractivity contribution in [3.05, 3.63) is 188 Å². The van der Waals surface area contributed by atoms with Crippen LogP contribution in [-0.2, 0) is 0 Å². The number of hydrogen-bond donors (Lipinski definition) is 0. The molecular weight excluding hydrogens is 671 g/mol. The minimum atomic E-state index is 0.682. The second-order valence-corrected chi connectivity index (χ2v) is 13.9. The molecule has 3 heterocycles. The smallest absolute Gasteiger partial charge is 0.160 e. The third-order valence-corrected chi connectivity index (χ3v) is 10.7. The van der Waals surface area contributed by atoms with Crippen LogP contribution in [0.5, 0.6) is 0 Å². The topological polar surface area (TPSA) is 51.8 Å². The van der Waals surface area contributed by atoms with Gasteiger partial charge in [-0.05, 0) is 57.4 Å². The lowest BCUT2D eigenvalue weighted by Crippen LogP contribution is -1.96. The molecule has 4 heteroatoms. The van der Waals surface area contributed by atoms with Crippen molar-refractivity contribution in [3.8, 4) is 56.3 Å². The summed E-state index contributed by atoms with van der Waals surface area (Å²) in [5.41, 5.74) is 11.3. The van der Waals surface area contributed by atoms with Crippen molar-refractivity contribution in [2.75, 3.05) is 0 Å². The van der Waals surface area contributed by atoms with Crippen LogP contribution in [0.2, 0.25) is 0 Å². The Bertz CT molecular complexity index is 3200. The number of furan rings is 1. The first kappa shape index (κ1) is 31.1. The van der Waals surface area contributed by atoms with E-state index < -0.39 is 0 Å². The fourth-order valence-electron chi connectivity index (χ4n) is 8.08. The molecule has 11 rings (SSSR count). The van der Waals surface area contributed by atoms with E-state index in [2.05, 4.69) is 140 Å². The molecular formula is C51H31N3O. The fourth-order valence-corrected chi connectivity index (χ4v) is 8.08. The maximum absolute atomic E-state index is 6.76. The minimum absolute atomic E-state index is 0.682. The number of para-hydroxylation sites is 2. The van der Waals surface area contributed by atoms with Crippen LogP contribution in [0, 0.1) is 0 Å². The first-order valence-corrected chi connectivity index (χ1v) is 18.5. The molecule has 0 amide bonds. The second kappa shape index (κ2) is 12.6. The third kappa shape index (κ3) is 5.19. The molecule has 0 N–H and O–H groups in total. The maximum Gasteiger partial charge on any atom is 0.160 e. The number of hydrogen-bond acceptors (Lipinski definition) is 4. The lowest BCUT2D eigenvalue weighted by Gasteiger charge is -2.15. The average molecular weight is 702 g/mol. The summed E-state index contributed by atoms with van der Waals surface area (Å²) in [4.78, 5) is 15.8. The van der Waals surface area contributed by atoms with Crippen molar-refractivity contribution >= 4 is 54.4 Å². The second-order valence-electron chi connectivity index (χ2n) is 13.9. The predicted octanol–water partition coefficient (Wildman–Crippen LogP) is 13.6. The molecule has 256 valence electrons. The normalized spacial score (nSPS) is 11.6. The molecule has 0 bridgehead atoms. The van der Waals surface area contributed by atoms with E-state index in [1.165, 1.54) is 21.5 Å². The molecule has 0 aliphatic carbocycles. The number of pyridine rings is 1. The van der Waals surface area contributed by atoms with Crippen LogP contribution >= 0.6 is 0 Å². The van der Waals surface area contributed by atoms with E-state index in [0.717, 1.165) is 83.3 Å². The summed E-state index contributed by atoms with van der Waals surface area (Å²) in [6.45, 7) is 0. The van der Waals surface area contributed by atoms with Gasteiger partial charge in [0.2, 0.25) is 0 Å². The van der Waals surface area contributed by atoms with Gasteiger partial charge < -0.3 is 4.42 Å². The average Bonchev–Trinajstić information content (AvgIpc) is 3.66. The van der Waals surface area contributed by atoms with Crippen LogP contribution < -0.4 is 0 Å². The standard InChI is InChI=1S/C51H31N3O/c1-3-15-32(16-4-1)44-31-45(53-51(52-44)33-17-5-2-6-18-33)35-20-13-21-36(29-35)48-47-41-25-11-12-28-46(41)55-50(47)42-27-14-26-40(49(42)54-48)43-30-34-19-7-8-22-37(34)38-23-9-10-24-39(38)43/h1-31H. The summed E-state index contributed by atoms with van der Waals surface area (Å²) in [6.07, 6.45) is 0. The first-order chi connectivity index (χ1) is 27.3. The van der Waals surface area contributed by atoms with Gasteiger partial charge in [-0.15, -0.1) is 0 Å². The van der Waals surface area contributed by atoms with Crippen molar-refractivity contribution in [2.24, 2.45) is 0 Å². The van der Waals surface area contributed by atoms with E-state index in [1.54, 1.807) is 0 Å². The molecule has 55 heavy (non-hydrogen) atoms.